The Morgan fingerprint density at radius 3 is 2.50 bits per heavy atom. The summed E-state index contributed by atoms with van der Waals surface area (Å²) < 4.78 is 7.14. The summed E-state index contributed by atoms with van der Waals surface area (Å²) in [6.45, 7) is 6.82. The first-order valence-electron chi connectivity index (χ1n) is 8.38. The van der Waals surface area contributed by atoms with E-state index < -0.39 is 0 Å². The van der Waals surface area contributed by atoms with Gasteiger partial charge in [-0.05, 0) is 31.2 Å². The van der Waals surface area contributed by atoms with Gasteiger partial charge in [0.25, 0.3) is 0 Å². The highest BCUT2D eigenvalue weighted by atomic mass is 32.2. The molecule has 1 N–H and O–H groups in total. The summed E-state index contributed by atoms with van der Waals surface area (Å²) in [5, 5.41) is 12.0. The molecule has 0 unspecified atom stereocenters. The van der Waals surface area contributed by atoms with Crippen LogP contribution in [-0.2, 0) is 16.1 Å². The molecule has 0 atom stereocenters. The summed E-state index contributed by atoms with van der Waals surface area (Å²) in [6.07, 6.45) is 0. The zero-order chi connectivity index (χ0) is 19.1. The monoisotopic (exact) mass is 376 g/mol. The Kier molecular flexibility index (Phi) is 7.35. The van der Waals surface area contributed by atoms with Crippen molar-refractivity contribution in [1.82, 2.24) is 14.8 Å². The standard InChI is InChI=1S/C18H24N4O3S/c1-12(2)17-20-21-18(22(17)9-10-25-4)26-11-16(24)19-15-7-5-14(6-8-15)13(3)23/h5-8,12H,9-11H2,1-4H3,(H,19,24). The summed E-state index contributed by atoms with van der Waals surface area (Å²) in [6, 6.07) is 6.83. The Hall–Kier alpha value is -2.19. The van der Waals surface area contributed by atoms with Gasteiger partial charge < -0.3 is 14.6 Å². The van der Waals surface area contributed by atoms with Crippen molar-refractivity contribution in [3.05, 3.63) is 35.7 Å². The minimum Gasteiger partial charge on any atom is -0.383 e. The average Bonchev–Trinajstić information content (AvgIpc) is 3.01. The van der Waals surface area contributed by atoms with Crippen LogP contribution in [0.2, 0.25) is 0 Å². The molecular formula is C18H24N4O3S. The maximum atomic E-state index is 12.2. The number of nitrogens with one attached hydrogen (secondary N) is 1. The molecule has 2 aromatic rings. The zero-order valence-electron chi connectivity index (χ0n) is 15.5. The minimum atomic E-state index is -0.141. The normalized spacial score (nSPS) is 11.0. The summed E-state index contributed by atoms with van der Waals surface area (Å²) in [5.41, 5.74) is 1.27. The van der Waals surface area contributed by atoms with Crippen LogP contribution in [0.1, 0.15) is 42.9 Å². The molecule has 0 saturated heterocycles. The first kappa shape index (κ1) is 20.1. The van der Waals surface area contributed by atoms with E-state index in [1.807, 2.05) is 4.57 Å². The second kappa shape index (κ2) is 9.49. The van der Waals surface area contributed by atoms with Crippen molar-refractivity contribution in [1.29, 1.82) is 0 Å². The topological polar surface area (TPSA) is 86.1 Å². The van der Waals surface area contributed by atoms with Crippen molar-refractivity contribution in [3.63, 3.8) is 0 Å². The third-order valence-electron chi connectivity index (χ3n) is 3.69. The van der Waals surface area contributed by atoms with Crippen LogP contribution in [0.3, 0.4) is 0 Å². The smallest absolute Gasteiger partial charge is 0.234 e. The molecule has 8 heteroatoms. The molecule has 0 fully saturated rings. The van der Waals surface area contributed by atoms with Gasteiger partial charge in [-0.25, -0.2) is 0 Å². The number of anilines is 1. The van der Waals surface area contributed by atoms with E-state index in [1.54, 1.807) is 31.4 Å². The number of ether oxygens (including phenoxy) is 1. The number of benzene rings is 1. The second-order valence-corrected chi connectivity index (χ2v) is 7.05. The van der Waals surface area contributed by atoms with Crippen LogP contribution in [-0.4, -0.2) is 45.9 Å². The van der Waals surface area contributed by atoms with Gasteiger partial charge in [0.05, 0.1) is 12.4 Å². The van der Waals surface area contributed by atoms with Crippen molar-refractivity contribution < 1.29 is 14.3 Å². The number of thioether (sulfide) groups is 1. The van der Waals surface area contributed by atoms with Crippen molar-refractivity contribution in [2.75, 3.05) is 24.8 Å². The van der Waals surface area contributed by atoms with Crippen molar-refractivity contribution in [2.45, 2.75) is 38.4 Å². The molecule has 26 heavy (non-hydrogen) atoms. The molecule has 0 radical (unpaired) electrons. The minimum absolute atomic E-state index is 0.00483. The molecule has 1 aromatic heterocycles. The van der Waals surface area contributed by atoms with Gasteiger partial charge in [0.2, 0.25) is 5.91 Å². The van der Waals surface area contributed by atoms with E-state index in [0.717, 1.165) is 5.82 Å². The van der Waals surface area contributed by atoms with E-state index in [0.29, 0.717) is 29.6 Å². The Morgan fingerprint density at radius 2 is 1.92 bits per heavy atom. The molecule has 1 amide bonds. The molecule has 7 nitrogen and oxygen atoms in total. The highest BCUT2D eigenvalue weighted by Gasteiger charge is 2.16. The number of hydrogen-bond acceptors (Lipinski definition) is 6. The third-order valence-corrected chi connectivity index (χ3v) is 4.66. The lowest BCUT2D eigenvalue weighted by Gasteiger charge is -2.11. The molecule has 0 saturated carbocycles. The molecule has 1 aromatic carbocycles. The van der Waals surface area contributed by atoms with Crippen LogP contribution in [0.5, 0.6) is 0 Å². The predicted molar refractivity (Wildman–Crippen MR) is 102 cm³/mol. The molecule has 0 bridgehead atoms. The van der Waals surface area contributed by atoms with Crippen LogP contribution in [0.15, 0.2) is 29.4 Å². The molecule has 0 aliphatic heterocycles. The lowest BCUT2D eigenvalue weighted by Crippen LogP contribution is -2.15. The number of methoxy groups -OCH3 is 1. The molecule has 0 aliphatic rings. The third kappa shape index (κ3) is 5.40. The van der Waals surface area contributed by atoms with Crippen molar-refractivity contribution >= 4 is 29.1 Å². The number of Topliss-reactive ketones (excluding diaryl/α,β-unsaturated/α-hetero) is 1. The van der Waals surface area contributed by atoms with E-state index in [1.165, 1.54) is 18.7 Å². The fraction of sp³-hybridized carbons (Fsp3) is 0.444. The molecule has 140 valence electrons. The van der Waals surface area contributed by atoms with Gasteiger partial charge in [0, 0.05) is 30.8 Å². The number of hydrogen-bond donors (Lipinski definition) is 1. The summed E-state index contributed by atoms with van der Waals surface area (Å²) in [5.74, 6) is 1.19. The van der Waals surface area contributed by atoms with E-state index in [4.69, 9.17) is 4.74 Å². The van der Waals surface area contributed by atoms with Crippen molar-refractivity contribution in [3.8, 4) is 0 Å². The number of rotatable bonds is 9. The molecule has 1 heterocycles. The number of aromatic nitrogens is 3. The Labute approximate surface area is 157 Å². The first-order valence-corrected chi connectivity index (χ1v) is 9.36. The molecule has 0 spiro atoms. The molecule has 0 aliphatic carbocycles. The van der Waals surface area contributed by atoms with Gasteiger partial charge >= 0.3 is 0 Å². The number of nitrogens with zero attached hydrogens (tertiary/aromatic N) is 3. The highest BCUT2D eigenvalue weighted by Crippen LogP contribution is 2.21. The Morgan fingerprint density at radius 1 is 1.23 bits per heavy atom. The maximum Gasteiger partial charge on any atom is 0.234 e. The fourth-order valence-corrected chi connectivity index (χ4v) is 3.11. The van der Waals surface area contributed by atoms with Crippen LogP contribution >= 0.6 is 11.8 Å². The first-order chi connectivity index (χ1) is 12.4. The van der Waals surface area contributed by atoms with Gasteiger partial charge in [-0.15, -0.1) is 10.2 Å². The van der Waals surface area contributed by atoms with Crippen LogP contribution in [0.4, 0.5) is 5.69 Å². The lowest BCUT2D eigenvalue weighted by molar-refractivity contribution is -0.113. The Bertz CT molecular complexity index is 756. The SMILES string of the molecule is COCCn1c(SCC(=O)Nc2ccc(C(C)=O)cc2)nnc1C(C)C. The van der Waals surface area contributed by atoms with Gasteiger partial charge in [-0.3, -0.25) is 9.59 Å². The maximum absolute atomic E-state index is 12.2. The second-order valence-electron chi connectivity index (χ2n) is 6.11. The van der Waals surface area contributed by atoms with Crippen LogP contribution in [0, 0.1) is 0 Å². The Balaban J connectivity index is 1.97. The summed E-state index contributed by atoms with van der Waals surface area (Å²) in [7, 11) is 1.65. The zero-order valence-corrected chi connectivity index (χ0v) is 16.3. The van der Waals surface area contributed by atoms with E-state index in [2.05, 4.69) is 29.4 Å². The van der Waals surface area contributed by atoms with Crippen LogP contribution < -0.4 is 5.32 Å². The van der Waals surface area contributed by atoms with E-state index >= 15 is 0 Å². The largest absolute Gasteiger partial charge is 0.383 e. The van der Waals surface area contributed by atoms with E-state index in [9.17, 15) is 9.59 Å². The average molecular weight is 376 g/mol. The van der Waals surface area contributed by atoms with Gasteiger partial charge in [0.1, 0.15) is 5.82 Å². The number of amides is 1. The number of carbonyl (C=O) groups excluding carboxylic acids is 2. The van der Waals surface area contributed by atoms with Gasteiger partial charge in [-0.2, -0.15) is 0 Å². The molecule has 2 rings (SSSR count). The number of ketones is 1. The van der Waals surface area contributed by atoms with Crippen molar-refractivity contribution in [2.24, 2.45) is 0 Å². The quantitative estimate of drug-likeness (QED) is 0.535. The van der Waals surface area contributed by atoms with Crippen LogP contribution in [0.25, 0.3) is 0 Å². The predicted octanol–water partition coefficient (Wildman–Crippen LogP) is 2.98. The van der Waals surface area contributed by atoms with Gasteiger partial charge in [0.15, 0.2) is 10.9 Å². The van der Waals surface area contributed by atoms with Gasteiger partial charge in [-0.1, -0.05) is 25.6 Å². The lowest BCUT2D eigenvalue weighted by atomic mass is 10.1. The highest BCUT2D eigenvalue weighted by molar-refractivity contribution is 7.99. The summed E-state index contributed by atoms with van der Waals surface area (Å²) in [4.78, 5) is 23.5. The van der Waals surface area contributed by atoms with E-state index in [-0.39, 0.29) is 23.4 Å². The summed E-state index contributed by atoms with van der Waals surface area (Å²) >= 11 is 1.34. The fourth-order valence-electron chi connectivity index (χ4n) is 2.34. The molecular weight excluding hydrogens is 352 g/mol. The number of carbonyl (C=O) groups is 2.